The van der Waals surface area contributed by atoms with E-state index >= 15 is 0 Å². The van der Waals surface area contributed by atoms with Crippen LogP contribution in [-0.4, -0.2) is 48.4 Å². The summed E-state index contributed by atoms with van der Waals surface area (Å²) in [5.74, 6) is 0.243. The third-order valence-electron chi connectivity index (χ3n) is 2.38. The zero-order valence-corrected chi connectivity index (χ0v) is 11.6. The number of nitrogens with one attached hydrogen (secondary N) is 2. The molecule has 6 nitrogen and oxygen atoms in total. The van der Waals surface area contributed by atoms with Crippen LogP contribution in [0.3, 0.4) is 0 Å². The summed E-state index contributed by atoms with van der Waals surface area (Å²) >= 11 is 0. The van der Waals surface area contributed by atoms with Crippen LogP contribution in [0.25, 0.3) is 0 Å². The first-order valence-electron chi connectivity index (χ1n) is 6.19. The molecule has 0 atom stereocenters. The number of aryl methyl sites for hydroxylation is 1. The van der Waals surface area contributed by atoms with Crippen LogP contribution in [0.5, 0.6) is 0 Å². The van der Waals surface area contributed by atoms with Gasteiger partial charge in [-0.2, -0.15) is 0 Å². The van der Waals surface area contributed by atoms with E-state index in [1.165, 1.54) is 0 Å². The Kier molecular flexibility index (Phi) is 5.95. The second-order valence-corrected chi connectivity index (χ2v) is 4.39. The van der Waals surface area contributed by atoms with Crippen LogP contribution in [0.4, 0.5) is 5.82 Å². The quantitative estimate of drug-likeness (QED) is 0.780. The standard InChI is InChI=1S/C13H20N4O2/c1-4-14-12(18)8-17(3)9-13(19)16-11-7-10(2)5-6-15-11/h5-7H,4,8-9H2,1-3H3,(H,14,18)(H,15,16,19). The number of carbonyl (C=O) groups is 2. The summed E-state index contributed by atoms with van der Waals surface area (Å²) in [6.07, 6.45) is 1.64. The molecule has 0 aliphatic carbocycles. The van der Waals surface area contributed by atoms with Crippen molar-refractivity contribution >= 4 is 17.6 Å². The van der Waals surface area contributed by atoms with Gasteiger partial charge in [0.1, 0.15) is 5.82 Å². The molecule has 0 radical (unpaired) electrons. The molecule has 1 aromatic rings. The van der Waals surface area contributed by atoms with Crippen molar-refractivity contribution in [1.29, 1.82) is 0 Å². The Balaban J connectivity index is 2.40. The average Bonchev–Trinajstić information content (AvgIpc) is 2.28. The number of aromatic nitrogens is 1. The summed E-state index contributed by atoms with van der Waals surface area (Å²) < 4.78 is 0. The minimum atomic E-state index is -0.190. The summed E-state index contributed by atoms with van der Waals surface area (Å²) in [7, 11) is 1.72. The zero-order chi connectivity index (χ0) is 14.3. The maximum Gasteiger partial charge on any atom is 0.239 e. The van der Waals surface area contributed by atoms with Gasteiger partial charge in [0, 0.05) is 12.7 Å². The Morgan fingerprint density at radius 1 is 1.32 bits per heavy atom. The maximum absolute atomic E-state index is 11.7. The molecule has 1 aromatic heterocycles. The van der Waals surface area contributed by atoms with E-state index in [4.69, 9.17) is 0 Å². The molecule has 0 saturated heterocycles. The van der Waals surface area contributed by atoms with Crippen LogP contribution in [0.2, 0.25) is 0 Å². The lowest BCUT2D eigenvalue weighted by atomic mass is 10.3. The fourth-order valence-corrected chi connectivity index (χ4v) is 1.59. The number of nitrogens with zero attached hydrogens (tertiary/aromatic N) is 2. The van der Waals surface area contributed by atoms with Crippen LogP contribution >= 0.6 is 0 Å². The van der Waals surface area contributed by atoms with E-state index in [0.717, 1.165) is 5.56 Å². The molecule has 0 aliphatic rings. The first kappa shape index (κ1) is 15.1. The van der Waals surface area contributed by atoms with E-state index in [1.807, 2.05) is 19.9 Å². The van der Waals surface area contributed by atoms with E-state index in [0.29, 0.717) is 12.4 Å². The zero-order valence-electron chi connectivity index (χ0n) is 11.6. The molecular weight excluding hydrogens is 244 g/mol. The van der Waals surface area contributed by atoms with E-state index in [2.05, 4.69) is 15.6 Å². The Morgan fingerprint density at radius 2 is 2.00 bits per heavy atom. The van der Waals surface area contributed by atoms with Gasteiger partial charge in [-0.25, -0.2) is 4.98 Å². The fourth-order valence-electron chi connectivity index (χ4n) is 1.59. The molecule has 0 fully saturated rings. The molecule has 2 amide bonds. The van der Waals surface area contributed by atoms with Crippen LogP contribution in [-0.2, 0) is 9.59 Å². The number of anilines is 1. The highest BCUT2D eigenvalue weighted by Gasteiger charge is 2.10. The normalized spacial score (nSPS) is 10.3. The summed E-state index contributed by atoms with van der Waals surface area (Å²) in [5.41, 5.74) is 1.03. The van der Waals surface area contributed by atoms with Gasteiger partial charge in [0.05, 0.1) is 13.1 Å². The summed E-state index contributed by atoms with van der Waals surface area (Å²) in [6.45, 7) is 4.72. The number of carbonyl (C=O) groups excluding carboxylic acids is 2. The summed E-state index contributed by atoms with van der Waals surface area (Å²) in [6, 6.07) is 3.65. The van der Waals surface area contributed by atoms with Crippen LogP contribution in [0.15, 0.2) is 18.3 Å². The maximum atomic E-state index is 11.7. The van der Waals surface area contributed by atoms with Crippen LogP contribution < -0.4 is 10.6 Å². The second kappa shape index (κ2) is 7.48. The third kappa shape index (κ3) is 5.96. The lowest BCUT2D eigenvalue weighted by Crippen LogP contribution is -2.38. The molecule has 0 bridgehead atoms. The van der Waals surface area contributed by atoms with Gasteiger partial charge in [-0.05, 0) is 38.6 Å². The van der Waals surface area contributed by atoms with Gasteiger partial charge in [-0.15, -0.1) is 0 Å². The molecule has 2 N–H and O–H groups in total. The highest BCUT2D eigenvalue weighted by Crippen LogP contribution is 2.04. The highest BCUT2D eigenvalue weighted by molar-refractivity contribution is 5.91. The van der Waals surface area contributed by atoms with Crippen molar-refractivity contribution in [1.82, 2.24) is 15.2 Å². The fraction of sp³-hybridized carbons (Fsp3) is 0.462. The first-order valence-corrected chi connectivity index (χ1v) is 6.19. The van der Waals surface area contributed by atoms with Gasteiger partial charge in [0.15, 0.2) is 0 Å². The summed E-state index contributed by atoms with van der Waals surface area (Å²) in [5, 5.41) is 5.38. The summed E-state index contributed by atoms with van der Waals surface area (Å²) in [4.78, 5) is 28.8. The van der Waals surface area contributed by atoms with E-state index in [-0.39, 0.29) is 24.9 Å². The van der Waals surface area contributed by atoms with Gasteiger partial charge in [-0.1, -0.05) is 0 Å². The Labute approximate surface area is 113 Å². The van der Waals surface area contributed by atoms with E-state index in [1.54, 1.807) is 24.2 Å². The number of hydrogen-bond donors (Lipinski definition) is 2. The van der Waals surface area contributed by atoms with Crippen LogP contribution in [0.1, 0.15) is 12.5 Å². The minimum absolute atomic E-state index is 0.0912. The Hall–Kier alpha value is -1.95. The number of rotatable bonds is 6. The highest BCUT2D eigenvalue weighted by atomic mass is 16.2. The number of hydrogen-bond acceptors (Lipinski definition) is 4. The van der Waals surface area contributed by atoms with Crippen LogP contribution in [0, 0.1) is 6.92 Å². The number of amides is 2. The van der Waals surface area contributed by atoms with Crippen molar-refractivity contribution in [3.63, 3.8) is 0 Å². The molecule has 19 heavy (non-hydrogen) atoms. The van der Waals surface area contributed by atoms with Crippen molar-refractivity contribution in [3.05, 3.63) is 23.9 Å². The van der Waals surface area contributed by atoms with Crippen molar-refractivity contribution in [2.75, 3.05) is 32.0 Å². The minimum Gasteiger partial charge on any atom is -0.355 e. The predicted molar refractivity (Wildman–Crippen MR) is 73.8 cm³/mol. The Morgan fingerprint density at radius 3 is 2.63 bits per heavy atom. The molecule has 0 unspecified atom stereocenters. The number of pyridine rings is 1. The SMILES string of the molecule is CCNC(=O)CN(C)CC(=O)Nc1cc(C)ccn1. The number of likely N-dealkylation sites (N-methyl/N-ethyl adjacent to an activating group) is 2. The van der Waals surface area contributed by atoms with Gasteiger partial charge < -0.3 is 10.6 Å². The first-order chi connectivity index (χ1) is 9.01. The molecule has 0 aromatic carbocycles. The van der Waals surface area contributed by atoms with Crippen molar-refractivity contribution in [2.45, 2.75) is 13.8 Å². The molecule has 1 rings (SSSR count). The smallest absolute Gasteiger partial charge is 0.239 e. The molecule has 1 heterocycles. The molecule has 104 valence electrons. The van der Waals surface area contributed by atoms with E-state index in [9.17, 15) is 9.59 Å². The molecule has 0 saturated carbocycles. The predicted octanol–water partition coefficient (Wildman–Crippen LogP) is 0.396. The largest absolute Gasteiger partial charge is 0.355 e. The van der Waals surface area contributed by atoms with Gasteiger partial charge in [0.2, 0.25) is 11.8 Å². The third-order valence-corrected chi connectivity index (χ3v) is 2.38. The van der Waals surface area contributed by atoms with Gasteiger partial charge >= 0.3 is 0 Å². The lowest BCUT2D eigenvalue weighted by molar-refractivity contribution is -0.122. The van der Waals surface area contributed by atoms with Gasteiger partial charge in [0.25, 0.3) is 0 Å². The lowest BCUT2D eigenvalue weighted by Gasteiger charge is -2.15. The monoisotopic (exact) mass is 264 g/mol. The van der Waals surface area contributed by atoms with Crippen molar-refractivity contribution in [2.24, 2.45) is 0 Å². The molecule has 6 heteroatoms. The molecule has 0 spiro atoms. The topological polar surface area (TPSA) is 74.3 Å². The van der Waals surface area contributed by atoms with Crippen molar-refractivity contribution < 1.29 is 9.59 Å². The molecular formula is C13H20N4O2. The average molecular weight is 264 g/mol. The van der Waals surface area contributed by atoms with E-state index < -0.39 is 0 Å². The van der Waals surface area contributed by atoms with Crippen molar-refractivity contribution in [3.8, 4) is 0 Å². The van der Waals surface area contributed by atoms with Gasteiger partial charge in [-0.3, -0.25) is 14.5 Å². The molecule has 0 aliphatic heterocycles. The Bertz CT molecular complexity index is 448. The second-order valence-electron chi connectivity index (χ2n) is 4.39.